The van der Waals surface area contributed by atoms with Gasteiger partial charge in [0, 0.05) is 18.3 Å². The molecule has 1 aliphatic rings. The zero-order valence-electron chi connectivity index (χ0n) is 21.4. The van der Waals surface area contributed by atoms with E-state index in [0.29, 0.717) is 28.6 Å². The number of hydrogen-bond donors (Lipinski definition) is 3. The molecule has 1 aliphatic heterocycles. The number of carbonyl (C=O) groups excluding carboxylic acids is 4. The molecule has 3 rings (SSSR count). The lowest BCUT2D eigenvalue weighted by molar-refractivity contribution is -0.146. The largest absolute Gasteiger partial charge is 0.444 e. The van der Waals surface area contributed by atoms with Crippen LogP contribution in [0.1, 0.15) is 63.9 Å². The minimum atomic E-state index is -0.762. The number of nitrogens with one attached hydrogen (secondary N) is 3. The van der Waals surface area contributed by atoms with Crippen LogP contribution in [0.2, 0.25) is 0 Å². The molecule has 3 heterocycles. The summed E-state index contributed by atoms with van der Waals surface area (Å²) in [5.74, 6) is -0.998. The summed E-state index contributed by atoms with van der Waals surface area (Å²) in [6, 6.07) is 5.08. The van der Waals surface area contributed by atoms with Crippen LogP contribution in [0.15, 0.2) is 24.4 Å². The molecule has 11 heteroatoms. The lowest BCUT2D eigenvalue weighted by Crippen LogP contribution is -2.46. The van der Waals surface area contributed by atoms with Crippen molar-refractivity contribution in [1.82, 2.24) is 9.88 Å². The number of aryl methyl sites for hydroxylation is 1. The lowest BCUT2D eigenvalue weighted by Gasteiger charge is -2.37. The molecule has 0 aliphatic carbocycles. The van der Waals surface area contributed by atoms with Crippen molar-refractivity contribution in [2.75, 3.05) is 22.5 Å². The molecule has 0 saturated carbocycles. The average Bonchev–Trinajstić information content (AvgIpc) is 3.21. The molecule has 0 radical (unpaired) electrons. The molecule has 0 spiro atoms. The molecule has 1 fully saturated rings. The molecular weight excluding hydrogens is 482 g/mol. The van der Waals surface area contributed by atoms with Crippen LogP contribution in [-0.4, -0.2) is 45.8 Å². The lowest BCUT2D eigenvalue weighted by atomic mass is 9.93. The summed E-state index contributed by atoms with van der Waals surface area (Å²) in [4.78, 5) is 56.2. The molecule has 2 aromatic heterocycles. The molecule has 3 N–H and O–H groups in total. The summed E-state index contributed by atoms with van der Waals surface area (Å²) >= 11 is 1.41. The zero-order chi connectivity index (χ0) is 26.6. The second kappa shape index (κ2) is 11.1. The van der Waals surface area contributed by atoms with E-state index in [-0.39, 0.29) is 17.9 Å². The third-order valence-electron chi connectivity index (χ3n) is 5.48. The highest BCUT2D eigenvalue weighted by molar-refractivity contribution is 7.16. The van der Waals surface area contributed by atoms with Gasteiger partial charge < -0.3 is 20.3 Å². The van der Waals surface area contributed by atoms with Crippen LogP contribution >= 0.6 is 11.3 Å². The van der Waals surface area contributed by atoms with Crippen molar-refractivity contribution in [2.45, 2.75) is 66.0 Å². The Morgan fingerprint density at radius 1 is 1.11 bits per heavy atom. The fraction of sp³-hybridized carbons (Fsp3) is 0.480. The number of aromatic nitrogens is 1. The number of amides is 4. The Kier molecular flexibility index (Phi) is 8.34. The molecule has 0 bridgehead atoms. The Balaban J connectivity index is 1.70. The minimum Gasteiger partial charge on any atom is -0.444 e. The molecule has 2 unspecified atom stereocenters. The minimum absolute atomic E-state index is 0.163. The monoisotopic (exact) mass is 515 g/mol. The number of likely N-dealkylation sites (tertiary alicyclic amines) is 1. The standard InChI is InChI=1S/C25H33N5O5S/c1-14-7-8-18(19-9-10-20(36-19)27-16(3)31)30(13-14)23(33)22(32)28-17-11-15(2)21(26-12-17)29-24(34)35-25(4,5)6/h9-12,14,18H,7-8,13H2,1-6H3,(H,27,31)(H,28,32)(H,26,29,34). The molecular formula is C25H33N5O5S. The summed E-state index contributed by atoms with van der Waals surface area (Å²) in [7, 11) is 0. The van der Waals surface area contributed by atoms with Crippen molar-refractivity contribution < 1.29 is 23.9 Å². The van der Waals surface area contributed by atoms with Crippen LogP contribution in [0, 0.1) is 12.8 Å². The maximum absolute atomic E-state index is 13.2. The summed E-state index contributed by atoms with van der Waals surface area (Å²) in [5, 5.41) is 8.67. The van der Waals surface area contributed by atoms with Gasteiger partial charge in [-0.15, -0.1) is 11.3 Å². The number of rotatable bonds is 4. The highest BCUT2D eigenvalue weighted by atomic mass is 32.1. The number of thiophene rings is 1. The van der Waals surface area contributed by atoms with E-state index in [4.69, 9.17) is 4.74 Å². The number of anilines is 3. The number of pyridine rings is 1. The third kappa shape index (κ3) is 7.27. The second-order valence-corrected chi connectivity index (χ2v) is 11.1. The van der Waals surface area contributed by atoms with Gasteiger partial charge in [0.05, 0.1) is 22.9 Å². The Morgan fingerprint density at radius 2 is 1.83 bits per heavy atom. The molecule has 10 nitrogen and oxygen atoms in total. The van der Waals surface area contributed by atoms with Gasteiger partial charge in [0.15, 0.2) is 0 Å². The smallest absolute Gasteiger partial charge is 0.413 e. The predicted octanol–water partition coefficient (Wildman–Crippen LogP) is 4.70. The fourth-order valence-corrected chi connectivity index (χ4v) is 5.04. The molecule has 194 valence electrons. The second-order valence-electron chi connectivity index (χ2n) is 10.0. The number of hydrogen-bond acceptors (Lipinski definition) is 7. The first kappa shape index (κ1) is 27.1. The van der Waals surface area contributed by atoms with Crippen molar-refractivity contribution in [1.29, 1.82) is 0 Å². The van der Waals surface area contributed by atoms with Crippen LogP contribution in [0.4, 0.5) is 21.3 Å². The topological polar surface area (TPSA) is 130 Å². The third-order valence-corrected chi connectivity index (χ3v) is 6.58. The van der Waals surface area contributed by atoms with Crippen LogP contribution in [0.5, 0.6) is 0 Å². The molecule has 36 heavy (non-hydrogen) atoms. The zero-order valence-corrected chi connectivity index (χ0v) is 22.2. The summed E-state index contributed by atoms with van der Waals surface area (Å²) in [5.41, 5.74) is 0.288. The maximum atomic E-state index is 13.2. The Hall–Kier alpha value is -3.47. The van der Waals surface area contributed by atoms with Gasteiger partial charge in [0.2, 0.25) is 5.91 Å². The van der Waals surface area contributed by atoms with Crippen LogP contribution in [-0.2, 0) is 19.1 Å². The number of carbonyl (C=O) groups is 4. The van der Waals surface area contributed by atoms with Crippen molar-refractivity contribution >= 4 is 51.7 Å². The molecule has 0 aromatic carbocycles. The first-order valence-electron chi connectivity index (χ1n) is 11.8. The van der Waals surface area contributed by atoms with Gasteiger partial charge in [-0.3, -0.25) is 19.7 Å². The van der Waals surface area contributed by atoms with Gasteiger partial charge in [-0.1, -0.05) is 6.92 Å². The summed E-state index contributed by atoms with van der Waals surface area (Å²) in [6.07, 6.45) is 2.40. The van der Waals surface area contributed by atoms with Gasteiger partial charge in [-0.25, -0.2) is 9.78 Å². The molecule has 2 atom stereocenters. The molecule has 1 saturated heterocycles. The van der Waals surface area contributed by atoms with Crippen molar-refractivity contribution in [2.24, 2.45) is 5.92 Å². The van der Waals surface area contributed by atoms with Gasteiger partial charge in [0.1, 0.15) is 11.4 Å². The van der Waals surface area contributed by atoms with Gasteiger partial charge >= 0.3 is 17.9 Å². The SMILES string of the molecule is CC(=O)Nc1ccc(C2CCC(C)CN2C(=O)C(=O)Nc2cnc(NC(=O)OC(C)(C)C)c(C)c2)s1. The Morgan fingerprint density at radius 3 is 2.47 bits per heavy atom. The number of piperidine rings is 1. The van der Waals surface area contributed by atoms with Crippen LogP contribution < -0.4 is 16.0 Å². The average molecular weight is 516 g/mol. The highest BCUT2D eigenvalue weighted by Gasteiger charge is 2.35. The van der Waals surface area contributed by atoms with E-state index >= 15 is 0 Å². The fourth-order valence-electron chi connectivity index (χ4n) is 3.93. The Labute approximate surface area is 214 Å². The van der Waals surface area contributed by atoms with Crippen molar-refractivity contribution in [3.63, 3.8) is 0 Å². The van der Waals surface area contributed by atoms with Crippen molar-refractivity contribution in [3.8, 4) is 0 Å². The highest BCUT2D eigenvalue weighted by Crippen LogP contribution is 2.38. The number of ether oxygens (including phenoxy) is 1. The van der Waals surface area contributed by atoms with E-state index < -0.39 is 23.5 Å². The van der Waals surface area contributed by atoms with Gasteiger partial charge in [0.25, 0.3) is 0 Å². The van der Waals surface area contributed by atoms with E-state index in [2.05, 4.69) is 27.9 Å². The first-order chi connectivity index (χ1) is 16.8. The maximum Gasteiger partial charge on any atom is 0.413 e. The van der Waals surface area contributed by atoms with E-state index in [0.717, 1.165) is 17.7 Å². The quantitative estimate of drug-likeness (QED) is 0.506. The Bertz CT molecular complexity index is 1160. The predicted molar refractivity (Wildman–Crippen MR) is 139 cm³/mol. The molecule has 4 amide bonds. The summed E-state index contributed by atoms with van der Waals surface area (Å²) < 4.78 is 5.24. The normalized spacial score (nSPS) is 17.8. The van der Waals surface area contributed by atoms with E-state index in [1.807, 2.05) is 12.1 Å². The van der Waals surface area contributed by atoms with E-state index in [1.54, 1.807) is 38.7 Å². The van der Waals surface area contributed by atoms with Crippen molar-refractivity contribution in [3.05, 3.63) is 34.8 Å². The first-order valence-corrected chi connectivity index (χ1v) is 12.6. The van der Waals surface area contributed by atoms with Gasteiger partial charge in [-0.2, -0.15) is 0 Å². The van der Waals surface area contributed by atoms with Crippen LogP contribution in [0.25, 0.3) is 0 Å². The number of nitrogens with zero attached hydrogens (tertiary/aromatic N) is 2. The van der Waals surface area contributed by atoms with E-state index in [9.17, 15) is 19.2 Å². The van der Waals surface area contributed by atoms with Crippen LogP contribution in [0.3, 0.4) is 0 Å². The molecule has 2 aromatic rings. The van der Waals surface area contributed by atoms with Gasteiger partial charge in [-0.05, 0) is 70.2 Å². The van der Waals surface area contributed by atoms with E-state index in [1.165, 1.54) is 24.5 Å². The summed E-state index contributed by atoms with van der Waals surface area (Å²) in [6.45, 7) is 11.0.